The summed E-state index contributed by atoms with van der Waals surface area (Å²) in [7, 11) is 0. The van der Waals surface area contributed by atoms with Gasteiger partial charge in [-0.15, -0.1) is 0 Å². The number of rotatable bonds is 5. The van der Waals surface area contributed by atoms with Gasteiger partial charge in [-0.1, -0.05) is 13.8 Å². The second kappa shape index (κ2) is 7.20. The molecule has 0 spiro atoms. The lowest BCUT2D eigenvalue weighted by Crippen LogP contribution is -2.51. The molecule has 0 bridgehead atoms. The molecule has 1 saturated heterocycles. The molecule has 1 unspecified atom stereocenters. The van der Waals surface area contributed by atoms with Gasteiger partial charge >= 0.3 is 0 Å². The number of carbonyl (C=O) groups excluding carboxylic acids is 1. The first-order valence-corrected chi connectivity index (χ1v) is 8.28. The Hall–Kier alpha value is -0.910. The van der Waals surface area contributed by atoms with Gasteiger partial charge < -0.3 is 10.6 Å². The summed E-state index contributed by atoms with van der Waals surface area (Å²) in [5, 5.41) is 4.31. The van der Waals surface area contributed by atoms with Gasteiger partial charge in [0.25, 0.3) is 0 Å². The van der Waals surface area contributed by atoms with Gasteiger partial charge in [0.05, 0.1) is 5.92 Å². The predicted octanol–water partition coefficient (Wildman–Crippen LogP) is 1.62. The van der Waals surface area contributed by atoms with Crippen LogP contribution >= 0.6 is 11.3 Å². The fraction of sp³-hybridized carbons (Fsp3) is 0.667. The zero-order valence-corrected chi connectivity index (χ0v) is 13.2. The van der Waals surface area contributed by atoms with Crippen LogP contribution in [0.4, 0.5) is 0 Å². The number of hydrogen-bond acceptors (Lipinski definition) is 4. The SMILES string of the molecule is CC(C)C(CN)C(=O)N1CCN(Cc2ccsc2)CC1. The van der Waals surface area contributed by atoms with Crippen LogP contribution in [-0.4, -0.2) is 48.4 Å². The van der Waals surface area contributed by atoms with Crippen LogP contribution in [0, 0.1) is 11.8 Å². The normalized spacial score (nSPS) is 18.5. The third kappa shape index (κ3) is 3.81. The van der Waals surface area contributed by atoms with E-state index in [1.807, 2.05) is 4.90 Å². The number of hydrogen-bond donors (Lipinski definition) is 1. The molecule has 0 radical (unpaired) electrons. The molecule has 1 aliphatic heterocycles. The van der Waals surface area contributed by atoms with Gasteiger partial charge in [-0.3, -0.25) is 9.69 Å². The molecule has 1 aliphatic rings. The molecule has 1 fully saturated rings. The lowest BCUT2D eigenvalue weighted by Gasteiger charge is -2.36. The van der Waals surface area contributed by atoms with Crippen LogP contribution in [0.1, 0.15) is 19.4 Å². The van der Waals surface area contributed by atoms with Gasteiger partial charge in [-0.2, -0.15) is 11.3 Å². The quantitative estimate of drug-likeness (QED) is 0.898. The zero-order chi connectivity index (χ0) is 14.5. The lowest BCUT2D eigenvalue weighted by atomic mass is 9.94. The van der Waals surface area contributed by atoms with Crippen molar-refractivity contribution >= 4 is 17.2 Å². The summed E-state index contributed by atoms with van der Waals surface area (Å²) >= 11 is 1.74. The van der Waals surface area contributed by atoms with E-state index in [0.717, 1.165) is 32.7 Å². The molecule has 4 nitrogen and oxygen atoms in total. The van der Waals surface area contributed by atoms with Crippen molar-refractivity contribution in [2.75, 3.05) is 32.7 Å². The fourth-order valence-electron chi connectivity index (χ4n) is 2.66. The van der Waals surface area contributed by atoms with Crippen LogP contribution < -0.4 is 5.73 Å². The zero-order valence-electron chi connectivity index (χ0n) is 12.4. The predicted molar refractivity (Wildman–Crippen MR) is 83.6 cm³/mol. The smallest absolute Gasteiger partial charge is 0.227 e. The molecule has 20 heavy (non-hydrogen) atoms. The second-order valence-corrected chi connectivity index (χ2v) is 6.60. The van der Waals surface area contributed by atoms with Gasteiger partial charge in [0.1, 0.15) is 0 Å². The minimum absolute atomic E-state index is 0.0292. The van der Waals surface area contributed by atoms with E-state index >= 15 is 0 Å². The summed E-state index contributed by atoms with van der Waals surface area (Å²) in [6.07, 6.45) is 0. The summed E-state index contributed by atoms with van der Waals surface area (Å²) < 4.78 is 0. The minimum atomic E-state index is -0.0292. The molecule has 1 amide bonds. The number of nitrogens with two attached hydrogens (primary N) is 1. The molecule has 5 heteroatoms. The van der Waals surface area contributed by atoms with Crippen LogP contribution in [0.5, 0.6) is 0 Å². The van der Waals surface area contributed by atoms with Crippen molar-refractivity contribution < 1.29 is 4.79 Å². The molecule has 2 N–H and O–H groups in total. The molecule has 0 aromatic carbocycles. The van der Waals surface area contributed by atoms with Crippen LogP contribution in [0.3, 0.4) is 0 Å². The summed E-state index contributed by atoms with van der Waals surface area (Å²) in [6, 6.07) is 2.17. The topological polar surface area (TPSA) is 49.6 Å². The van der Waals surface area contributed by atoms with Crippen LogP contribution in [0.15, 0.2) is 16.8 Å². The van der Waals surface area contributed by atoms with Crippen molar-refractivity contribution in [3.05, 3.63) is 22.4 Å². The van der Waals surface area contributed by atoms with Crippen molar-refractivity contribution in [3.8, 4) is 0 Å². The van der Waals surface area contributed by atoms with E-state index in [1.165, 1.54) is 5.56 Å². The molecule has 0 aliphatic carbocycles. The molecule has 2 rings (SSSR count). The Morgan fingerprint density at radius 2 is 2.05 bits per heavy atom. The molecular formula is C15H25N3OS. The number of carbonyl (C=O) groups is 1. The average molecular weight is 295 g/mol. The summed E-state index contributed by atoms with van der Waals surface area (Å²) in [4.78, 5) is 16.8. The highest BCUT2D eigenvalue weighted by Crippen LogP contribution is 2.16. The van der Waals surface area contributed by atoms with Crippen molar-refractivity contribution in [2.45, 2.75) is 20.4 Å². The highest BCUT2D eigenvalue weighted by atomic mass is 32.1. The van der Waals surface area contributed by atoms with E-state index in [2.05, 4.69) is 35.6 Å². The van der Waals surface area contributed by atoms with Gasteiger partial charge in [0, 0.05) is 39.3 Å². The summed E-state index contributed by atoms with van der Waals surface area (Å²) in [5.74, 6) is 0.521. The molecule has 2 heterocycles. The molecule has 1 atom stereocenters. The highest BCUT2D eigenvalue weighted by molar-refractivity contribution is 7.07. The highest BCUT2D eigenvalue weighted by Gasteiger charge is 2.28. The molecular weight excluding hydrogens is 270 g/mol. The first-order chi connectivity index (χ1) is 9.61. The maximum absolute atomic E-state index is 12.4. The van der Waals surface area contributed by atoms with Crippen molar-refractivity contribution in [3.63, 3.8) is 0 Å². The van der Waals surface area contributed by atoms with E-state index in [9.17, 15) is 4.79 Å². The molecule has 0 saturated carbocycles. The Labute approximate surface area is 125 Å². The third-order valence-corrected chi connectivity index (χ3v) is 4.78. The van der Waals surface area contributed by atoms with Crippen LogP contribution in [-0.2, 0) is 11.3 Å². The van der Waals surface area contributed by atoms with E-state index in [4.69, 9.17) is 5.73 Å². The minimum Gasteiger partial charge on any atom is -0.340 e. The maximum atomic E-state index is 12.4. The third-order valence-electron chi connectivity index (χ3n) is 4.05. The van der Waals surface area contributed by atoms with Gasteiger partial charge in [-0.25, -0.2) is 0 Å². The number of piperazine rings is 1. The number of nitrogens with zero attached hydrogens (tertiary/aromatic N) is 2. The molecule has 1 aromatic rings. The van der Waals surface area contributed by atoms with Crippen LogP contribution in [0.2, 0.25) is 0 Å². The van der Waals surface area contributed by atoms with Crippen molar-refractivity contribution in [1.29, 1.82) is 0 Å². The first kappa shape index (κ1) is 15.5. The Bertz CT molecular complexity index is 411. The Morgan fingerprint density at radius 3 is 2.55 bits per heavy atom. The molecule has 112 valence electrons. The lowest BCUT2D eigenvalue weighted by molar-refractivity contribution is -0.138. The number of thiophene rings is 1. The van der Waals surface area contributed by atoms with Gasteiger partial charge in [0.15, 0.2) is 0 Å². The van der Waals surface area contributed by atoms with Gasteiger partial charge in [-0.05, 0) is 28.3 Å². The van der Waals surface area contributed by atoms with E-state index < -0.39 is 0 Å². The number of amides is 1. The standard InChI is InChI=1S/C15H25N3OS/c1-12(2)14(9-16)15(19)18-6-4-17(5-7-18)10-13-3-8-20-11-13/h3,8,11-12,14H,4-7,9-10,16H2,1-2H3. The Balaban J connectivity index is 1.83. The van der Waals surface area contributed by atoms with Crippen LogP contribution in [0.25, 0.3) is 0 Å². The summed E-state index contributed by atoms with van der Waals surface area (Å²) in [6.45, 7) is 9.15. The van der Waals surface area contributed by atoms with E-state index in [1.54, 1.807) is 11.3 Å². The average Bonchev–Trinajstić information content (AvgIpc) is 2.92. The summed E-state index contributed by atoms with van der Waals surface area (Å²) in [5.41, 5.74) is 7.11. The van der Waals surface area contributed by atoms with Crippen molar-refractivity contribution in [1.82, 2.24) is 9.80 Å². The van der Waals surface area contributed by atoms with E-state index in [-0.39, 0.29) is 11.8 Å². The first-order valence-electron chi connectivity index (χ1n) is 7.34. The van der Waals surface area contributed by atoms with Gasteiger partial charge in [0.2, 0.25) is 5.91 Å². The van der Waals surface area contributed by atoms with E-state index in [0.29, 0.717) is 12.5 Å². The van der Waals surface area contributed by atoms with Crippen molar-refractivity contribution in [2.24, 2.45) is 17.6 Å². The Kier molecular flexibility index (Phi) is 5.57. The Morgan fingerprint density at radius 1 is 1.35 bits per heavy atom. The fourth-order valence-corrected chi connectivity index (χ4v) is 3.32. The second-order valence-electron chi connectivity index (χ2n) is 5.82. The monoisotopic (exact) mass is 295 g/mol. The molecule has 1 aromatic heterocycles. The maximum Gasteiger partial charge on any atom is 0.227 e. The largest absolute Gasteiger partial charge is 0.340 e.